The van der Waals surface area contributed by atoms with Crippen molar-refractivity contribution in [1.82, 2.24) is 4.90 Å². The summed E-state index contributed by atoms with van der Waals surface area (Å²) in [4.78, 5) is 14.5. The van der Waals surface area contributed by atoms with Crippen molar-refractivity contribution in [2.45, 2.75) is 76.4 Å². The van der Waals surface area contributed by atoms with Gasteiger partial charge in [0.1, 0.15) is 30.3 Å². The van der Waals surface area contributed by atoms with Crippen LogP contribution in [0.1, 0.15) is 72.4 Å². The Morgan fingerprint density at radius 1 is 0.875 bits per heavy atom. The molecule has 3 aliphatic rings. The fourth-order valence-electron chi connectivity index (χ4n) is 9.21. The zero-order chi connectivity index (χ0) is 33.3. The molecular weight excluding hydrogens is 596 g/mol. The quantitative estimate of drug-likeness (QED) is 0.180. The second-order valence-corrected chi connectivity index (χ2v) is 14.5. The zero-order valence-electron chi connectivity index (χ0n) is 28.4. The summed E-state index contributed by atoms with van der Waals surface area (Å²) in [5.41, 5.74) is 11.8. The molecule has 0 heterocycles. The molecule has 4 aromatic rings. The Morgan fingerprint density at radius 2 is 1.56 bits per heavy atom. The van der Waals surface area contributed by atoms with Gasteiger partial charge in [-0.15, -0.1) is 0 Å². The molecule has 1 amide bonds. The third-order valence-electron chi connectivity index (χ3n) is 11.4. The number of benzene rings is 4. The summed E-state index contributed by atoms with van der Waals surface area (Å²) < 4.78 is 20.2. The van der Waals surface area contributed by atoms with E-state index in [1.807, 2.05) is 61.5 Å². The first-order valence-corrected chi connectivity index (χ1v) is 17.5. The van der Waals surface area contributed by atoms with E-state index >= 15 is 0 Å². The van der Waals surface area contributed by atoms with Gasteiger partial charge in [0, 0.05) is 16.9 Å². The van der Waals surface area contributed by atoms with Gasteiger partial charge in [-0.2, -0.15) is 0 Å². The number of rotatable bonds is 11. The van der Waals surface area contributed by atoms with Crippen molar-refractivity contribution in [3.05, 3.63) is 131 Å². The second-order valence-electron chi connectivity index (χ2n) is 14.5. The number of aryl methyl sites for hydroxylation is 1. The zero-order valence-corrected chi connectivity index (χ0v) is 28.4. The predicted molar refractivity (Wildman–Crippen MR) is 189 cm³/mol. The van der Waals surface area contributed by atoms with Crippen molar-refractivity contribution in [3.63, 3.8) is 0 Å². The Bertz CT molecular complexity index is 1710. The lowest BCUT2D eigenvalue weighted by Gasteiger charge is -2.54. The van der Waals surface area contributed by atoms with Gasteiger partial charge >= 0.3 is 0 Å². The summed E-state index contributed by atoms with van der Waals surface area (Å²) in [7, 11) is 3.77. The number of amides is 1. The van der Waals surface area contributed by atoms with E-state index in [1.54, 1.807) is 0 Å². The van der Waals surface area contributed by atoms with Gasteiger partial charge in [-0.05, 0) is 98.5 Å². The molecule has 0 aromatic heterocycles. The molecule has 0 radical (unpaired) electrons. The van der Waals surface area contributed by atoms with Gasteiger partial charge in [0.25, 0.3) is 0 Å². The number of carbonyl (C=O) groups excluding carboxylic acids is 1. The average Bonchev–Trinajstić information content (AvgIpc) is 3.43. The summed E-state index contributed by atoms with van der Waals surface area (Å²) in [5.74, 6) is 2.49. The van der Waals surface area contributed by atoms with Crippen LogP contribution in [0.15, 0.2) is 103 Å². The van der Waals surface area contributed by atoms with E-state index in [9.17, 15) is 4.79 Å². The van der Waals surface area contributed by atoms with Crippen LogP contribution in [-0.2, 0) is 29.2 Å². The first kappa shape index (κ1) is 32.4. The topological polar surface area (TPSA) is 74.0 Å². The Balaban J connectivity index is 1.22. The van der Waals surface area contributed by atoms with Gasteiger partial charge in [0.05, 0.1) is 12.7 Å². The van der Waals surface area contributed by atoms with Crippen molar-refractivity contribution in [3.8, 4) is 11.5 Å². The minimum absolute atomic E-state index is 0.0313. The highest BCUT2D eigenvalue weighted by Crippen LogP contribution is 2.62. The summed E-state index contributed by atoms with van der Waals surface area (Å²) in [6.45, 7) is 3.61. The number of para-hydroxylation sites is 1. The summed E-state index contributed by atoms with van der Waals surface area (Å²) in [6, 6.07) is 34.8. The number of ether oxygens (including phenoxy) is 3. The SMILES string of the molecule is CN(C)C(C(N)=O)c1ccccc1O[C@H]1C[C@]2(C)[C@@H](OCc3ccccc3)CC[C@H]2[C@@H]2CCc3cc(OCc4ccccc4)ccc3[C@H]21. The van der Waals surface area contributed by atoms with Crippen LogP contribution in [0, 0.1) is 17.3 Å². The highest BCUT2D eigenvalue weighted by molar-refractivity contribution is 5.82. The molecule has 250 valence electrons. The molecule has 48 heavy (non-hydrogen) atoms. The molecule has 3 aliphatic carbocycles. The molecule has 6 heteroatoms. The van der Waals surface area contributed by atoms with E-state index in [0.29, 0.717) is 25.0 Å². The maximum Gasteiger partial charge on any atom is 0.239 e. The average molecular weight is 645 g/mol. The number of carbonyl (C=O) groups is 1. The van der Waals surface area contributed by atoms with E-state index in [2.05, 4.69) is 67.6 Å². The van der Waals surface area contributed by atoms with Crippen molar-refractivity contribution in [1.29, 1.82) is 0 Å². The van der Waals surface area contributed by atoms with E-state index in [1.165, 1.54) is 23.1 Å². The van der Waals surface area contributed by atoms with Crippen LogP contribution in [0.3, 0.4) is 0 Å². The molecule has 1 unspecified atom stereocenters. The maximum atomic E-state index is 12.7. The largest absolute Gasteiger partial charge is 0.489 e. The van der Waals surface area contributed by atoms with Crippen molar-refractivity contribution >= 4 is 5.91 Å². The van der Waals surface area contributed by atoms with Crippen LogP contribution in [-0.4, -0.2) is 37.1 Å². The van der Waals surface area contributed by atoms with Crippen LogP contribution in [0.25, 0.3) is 0 Å². The fourth-order valence-corrected chi connectivity index (χ4v) is 9.21. The molecule has 6 nitrogen and oxygen atoms in total. The molecule has 2 fully saturated rings. The minimum Gasteiger partial charge on any atom is -0.489 e. The van der Waals surface area contributed by atoms with Crippen LogP contribution in [0.4, 0.5) is 0 Å². The highest BCUT2D eigenvalue weighted by atomic mass is 16.5. The van der Waals surface area contributed by atoms with Crippen LogP contribution >= 0.6 is 0 Å². The number of nitrogens with two attached hydrogens (primary N) is 1. The van der Waals surface area contributed by atoms with E-state index in [4.69, 9.17) is 19.9 Å². The van der Waals surface area contributed by atoms with Gasteiger partial charge in [0.15, 0.2) is 0 Å². The molecule has 2 saturated carbocycles. The minimum atomic E-state index is -0.583. The summed E-state index contributed by atoms with van der Waals surface area (Å²) in [5, 5.41) is 0. The van der Waals surface area contributed by atoms with Gasteiger partial charge in [0.2, 0.25) is 5.91 Å². The molecule has 0 aliphatic heterocycles. The number of nitrogens with zero attached hydrogens (tertiary/aromatic N) is 1. The summed E-state index contributed by atoms with van der Waals surface area (Å²) in [6.07, 6.45) is 5.29. The maximum absolute atomic E-state index is 12.7. The van der Waals surface area contributed by atoms with Crippen LogP contribution < -0.4 is 15.2 Å². The molecule has 2 N–H and O–H groups in total. The van der Waals surface area contributed by atoms with Crippen molar-refractivity contribution in [2.24, 2.45) is 23.0 Å². The van der Waals surface area contributed by atoms with Crippen molar-refractivity contribution < 1.29 is 19.0 Å². The number of primary amides is 1. The molecule has 0 spiro atoms. The van der Waals surface area contributed by atoms with E-state index < -0.39 is 6.04 Å². The predicted octanol–water partition coefficient (Wildman–Crippen LogP) is 7.85. The molecule has 4 aromatic carbocycles. The Kier molecular flexibility index (Phi) is 9.30. The monoisotopic (exact) mass is 644 g/mol. The van der Waals surface area contributed by atoms with Crippen LogP contribution in [0.2, 0.25) is 0 Å². The molecule has 7 rings (SSSR count). The first-order valence-electron chi connectivity index (χ1n) is 17.5. The number of fused-ring (bicyclic) bond motifs is 5. The summed E-state index contributed by atoms with van der Waals surface area (Å²) >= 11 is 0. The Labute approximate surface area is 285 Å². The standard InChI is InChI=1S/C42H48N2O4/c1-42-25-37(48-36-17-11-10-16-34(36)40(41(43)45)44(2)3)39-32-21-19-31(46-26-28-12-6-4-7-13-28)24-30(32)18-20-33(39)35(42)22-23-38(42)47-27-29-14-8-5-9-15-29/h4-17,19,21,24,33,35,37-40H,18,20,22-23,25-27H2,1-3H3,(H2,43,45)/t33-,35-,37-,38-,39+,40?,42-/m0/s1. The van der Waals surface area contributed by atoms with E-state index in [-0.39, 0.29) is 29.4 Å². The first-order chi connectivity index (χ1) is 23.3. The molecule has 7 atom stereocenters. The van der Waals surface area contributed by atoms with Crippen molar-refractivity contribution in [2.75, 3.05) is 14.1 Å². The third-order valence-corrected chi connectivity index (χ3v) is 11.4. The molecule has 0 bridgehead atoms. The number of likely N-dealkylation sites (N-methyl/N-ethyl adjacent to an activating group) is 1. The van der Waals surface area contributed by atoms with Gasteiger partial charge < -0.3 is 19.9 Å². The normalized spacial score (nSPS) is 26.6. The highest BCUT2D eigenvalue weighted by Gasteiger charge is 2.59. The smallest absolute Gasteiger partial charge is 0.239 e. The van der Waals surface area contributed by atoms with Gasteiger partial charge in [-0.3, -0.25) is 9.69 Å². The van der Waals surface area contributed by atoms with Crippen LogP contribution in [0.5, 0.6) is 11.5 Å². The lowest BCUT2D eigenvalue weighted by molar-refractivity contribution is -0.122. The lowest BCUT2D eigenvalue weighted by atomic mass is 9.54. The van der Waals surface area contributed by atoms with Gasteiger partial charge in [-0.25, -0.2) is 0 Å². The number of hydrogen-bond donors (Lipinski definition) is 1. The Hall–Kier alpha value is -4.13. The Morgan fingerprint density at radius 3 is 2.27 bits per heavy atom. The number of hydrogen-bond acceptors (Lipinski definition) is 5. The fraction of sp³-hybridized carbons (Fsp3) is 0.405. The van der Waals surface area contributed by atoms with E-state index in [0.717, 1.165) is 48.3 Å². The van der Waals surface area contributed by atoms with Gasteiger partial charge in [-0.1, -0.05) is 91.9 Å². The second kappa shape index (κ2) is 13.8. The molecule has 0 saturated heterocycles. The lowest BCUT2D eigenvalue weighted by Crippen LogP contribution is -2.52. The molecular formula is C42H48N2O4. The third kappa shape index (κ3) is 6.36.